The van der Waals surface area contributed by atoms with E-state index in [1.165, 1.54) is 6.07 Å². The van der Waals surface area contributed by atoms with E-state index >= 15 is 0 Å². The van der Waals surface area contributed by atoms with Gasteiger partial charge in [-0.1, -0.05) is 23.7 Å². The van der Waals surface area contributed by atoms with Gasteiger partial charge in [-0.15, -0.1) is 0 Å². The summed E-state index contributed by atoms with van der Waals surface area (Å²) in [6, 6.07) is 10.1. The van der Waals surface area contributed by atoms with Gasteiger partial charge in [0.05, 0.1) is 17.7 Å². The Kier molecular flexibility index (Phi) is 5.03. The fourth-order valence-corrected chi connectivity index (χ4v) is 2.57. The molecule has 0 fully saturated rings. The minimum absolute atomic E-state index is 0.0346. The Labute approximate surface area is 135 Å². The summed E-state index contributed by atoms with van der Waals surface area (Å²) in [6.45, 7) is 0.402. The zero-order valence-electron chi connectivity index (χ0n) is 11.1. The Morgan fingerprint density at radius 2 is 2.14 bits per heavy atom. The van der Waals surface area contributed by atoms with Crippen LogP contribution >= 0.6 is 27.5 Å². The summed E-state index contributed by atoms with van der Waals surface area (Å²) in [7, 11) is 1.57. The smallest absolute Gasteiger partial charge is 0.283 e. The summed E-state index contributed by atoms with van der Waals surface area (Å²) >= 11 is 9.23. The summed E-state index contributed by atoms with van der Waals surface area (Å²) in [6.07, 6.45) is 0. The van der Waals surface area contributed by atoms with Crippen molar-refractivity contribution in [3.05, 3.63) is 61.6 Å². The van der Waals surface area contributed by atoms with Gasteiger partial charge < -0.3 is 10.1 Å². The van der Waals surface area contributed by atoms with Crippen LogP contribution in [0.2, 0.25) is 5.02 Å². The van der Waals surface area contributed by atoms with Crippen LogP contribution in [0.1, 0.15) is 5.56 Å². The summed E-state index contributed by atoms with van der Waals surface area (Å²) in [5, 5.41) is 14.7. The van der Waals surface area contributed by atoms with E-state index in [2.05, 4.69) is 21.2 Å². The maximum atomic E-state index is 10.9. The van der Waals surface area contributed by atoms with E-state index in [1.54, 1.807) is 37.4 Å². The molecule has 0 aliphatic heterocycles. The highest BCUT2D eigenvalue weighted by Crippen LogP contribution is 2.31. The molecule has 110 valence electrons. The van der Waals surface area contributed by atoms with Gasteiger partial charge in [-0.05, 0) is 39.7 Å². The molecular weight excluding hydrogens is 360 g/mol. The van der Waals surface area contributed by atoms with Gasteiger partial charge in [0.25, 0.3) is 5.69 Å². The number of nitrogens with zero attached hydrogens (tertiary/aromatic N) is 1. The van der Waals surface area contributed by atoms with E-state index < -0.39 is 4.92 Å². The predicted octanol–water partition coefficient (Wildman–Crippen LogP) is 4.63. The van der Waals surface area contributed by atoms with Gasteiger partial charge >= 0.3 is 0 Å². The molecule has 0 saturated heterocycles. The van der Waals surface area contributed by atoms with E-state index in [9.17, 15) is 10.1 Å². The lowest BCUT2D eigenvalue weighted by Gasteiger charge is -2.12. The first-order valence-corrected chi connectivity index (χ1v) is 7.19. The Balaban J connectivity index is 2.23. The fourth-order valence-electron chi connectivity index (χ4n) is 1.85. The molecule has 0 unspecified atom stereocenters. The van der Waals surface area contributed by atoms with Crippen molar-refractivity contribution < 1.29 is 9.66 Å². The van der Waals surface area contributed by atoms with Crippen LogP contribution in [0.15, 0.2) is 40.9 Å². The van der Waals surface area contributed by atoms with Crippen LogP contribution in [0.3, 0.4) is 0 Å². The van der Waals surface area contributed by atoms with Crippen molar-refractivity contribution in [3.63, 3.8) is 0 Å². The first kappa shape index (κ1) is 15.6. The first-order valence-electron chi connectivity index (χ1n) is 6.02. The lowest BCUT2D eigenvalue weighted by atomic mass is 10.2. The second-order valence-electron chi connectivity index (χ2n) is 4.21. The van der Waals surface area contributed by atoms with Crippen LogP contribution < -0.4 is 10.1 Å². The van der Waals surface area contributed by atoms with Crippen molar-refractivity contribution in [2.24, 2.45) is 0 Å². The number of nitro groups is 1. The molecule has 0 aliphatic rings. The molecule has 0 aliphatic carbocycles. The van der Waals surface area contributed by atoms with Gasteiger partial charge in [0.2, 0.25) is 0 Å². The van der Waals surface area contributed by atoms with E-state index in [1.807, 2.05) is 0 Å². The molecule has 2 rings (SSSR count). The Morgan fingerprint density at radius 3 is 2.81 bits per heavy atom. The third-order valence-corrected chi connectivity index (χ3v) is 4.04. The van der Waals surface area contributed by atoms with E-state index in [-0.39, 0.29) is 5.69 Å². The van der Waals surface area contributed by atoms with Gasteiger partial charge in [0.1, 0.15) is 10.2 Å². The standard InChI is InChI=1S/C14H12BrClN2O3/c1-21-13-6-5-10(16)7-11(13)17-8-9-3-2-4-12(14(9)15)18(19)20/h2-7,17H,8H2,1H3. The highest BCUT2D eigenvalue weighted by molar-refractivity contribution is 9.10. The zero-order chi connectivity index (χ0) is 15.4. The average Bonchev–Trinajstić information content (AvgIpc) is 2.46. The lowest BCUT2D eigenvalue weighted by molar-refractivity contribution is -0.385. The Bertz CT molecular complexity index is 679. The SMILES string of the molecule is COc1ccc(Cl)cc1NCc1cccc([N+](=O)[O-])c1Br. The van der Waals surface area contributed by atoms with E-state index in [4.69, 9.17) is 16.3 Å². The van der Waals surface area contributed by atoms with Crippen molar-refractivity contribution in [1.29, 1.82) is 0 Å². The molecule has 2 aromatic rings. The van der Waals surface area contributed by atoms with Gasteiger partial charge in [-0.2, -0.15) is 0 Å². The van der Waals surface area contributed by atoms with Crippen molar-refractivity contribution in [2.45, 2.75) is 6.54 Å². The molecule has 0 aromatic heterocycles. The molecule has 0 heterocycles. The maximum absolute atomic E-state index is 10.9. The van der Waals surface area contributed by atoms with Gasteiger partial charge in [-0.3, -0.25) is 10.1 Å². The predicted molar refractivity (Wildman–Crippen MR) is 86.1 cm³/mol. The molecule has 0 radical (unpaired) electrons. The second-order valence-corrected chi connectivity index (χ2v) is 5.43. The number of benzene rings is 2. The number of halogens is 2. The van der Waals surface area contributed by atoms with Crippen LogP contribution in [-0.4, -0.2) is 12.0 Å². The summed E-state index contributed by atoms with van der Waals surface area (Å²) in [5.41, 5.74) is 1.53. The number of anilines is 1. The van der Waals surface area contributed by atoms with Crippen molar-refractivity contribution in [3.8, 4) is 5.75 Å². The van der Waals surface area contributed by atoms with Crippen molar-refractivity contribution in [2.75, 3.05) is 12.4 Å². The van der Waals surface area contributed by atoms with Crippen molar-refractivity contribution >= 4 is 38.9 Å². The number of hydrogen-bond acceptors (Lipinski definition) is 4. The van der Waals surface area contributed by atoms with Crippen LogP contribution in [0, 0.1) is 10.1 Å². The number of ether oxygens (including phenoxy) is 1. The summed E-state index contributed by atoms with van der Waals surface area (Å²) in [5.74, 6) is 0.654. The number of methoxy groups -OCH3 is 1. The maximum Gasteiger partial charge on any atom is 0.283 e. The van der Waals surface area contributed by atoms with Gasteiger partial charge in [-0.25, -0.2) is 0 Å². The second kappa shape index (κ2) is 6.78. The number of hydrogen-bond donors (Lipinski definition) is 1. The molecule has 21 heavy (non-hydrogen) atoms. The topological polar surface area (TPSA) is 64.4 Å². The molecule has 0 saturated carbocycles. The minimum atomic E-state index is -0.423. The molecule has 1 N–H and O–H groups in total. The highest BCUT2D eigenvalue weighted by Gasteiger charge is 2.15. The third kappa shape index (κ3) is 3.65. The quantitative estimate of drug-likeness (QED) is 0.614. The van der Waals surface area contributed by atoms with Crippen LogP contribution in [-0.2, 0) is 6.54 Å². The lowest BCUT2D eigenvalue weighted by Crippen LogP contribution is -2.03. The summed E-state index contributed by atoms with van der Waals surface area (Å²) < 4.78 is 5.70. The van der Waals surface area contributed by atoms with Crippen LogP contribution in [0.4, 0.5) is 11.4 Å². The molecule has 7 heteroatoms. The summed E-state index contributed by atoms with van der Waals surface area (Å²) in [4.78, 5) is 10.5. The normalized spacial score (nSPS) is 10.2. The van der Waals surface area contributed by atoms with Crippen molar-refractivity contribution in [1.82, 2.24) is 0 Å². The van der Waals surface area contributed by atoms with E-state index in [0.717, 1.165) is 11.3 Å². The highest BCUT2D eigenvalue weighted by atomic mass is 79.9. The fraction of sp³-hybridized carbons (Fsp3) is 0.143. The molecule has 2 aromatic carbocycles. The number of rotatable bonds is 5. The molecule has 0 amide bonds. The molecule has 0 bridgehead atoms. The monoisotopic (exact) mass is 370 g/mol. The average molecular weight is 372 g/mol. The zero-order valence-corrected chi connectivity index (χ0v) is 13.4. The van der Waals surface area contributed by atoms with Gasteiger partial charge in [0.15, 0.2) is 0 Å². The number of nitro benzene ring substituents is 1. The van der Waals surface area contributed by atoms with Crippen LogP contribution in [0.25, 0.3) is 0 Å². The van der Waals surface area contributed by atoms with Gasteiger partial charge in [0, 0.05) is 17.6 Å². The Hall–Kier alpha value is -1.79. The molecular formula is C14H12BrClN2O3. The third-order valence-electron chi connectivity index (χ3n) is 2.89. The number of nitrogens with one attached hydrogen (secondary N) is 1. The first-order chi connectivity index (χ1) is 10.0. The largest absolute Gasteiger partial charge is 0.495 e. The molecule has 0 atom stereocenters. The molecule has 0 spiro atoms. The molecule has 5 nitrogen and oxygen atoms in total. The van der Waals surface area contributed by atoms with E-state index in [0.29, 0.717) is 21.8 Å². The minimum Gasteiger partial charge on any atom is -0.495 e. The Morgan fingerprint density at radius 1 is 1.38 bits per heavy atom. The van der Waals surface area contributed by atoms with Crippen LogP contribution in [0.5, 0.6) is 5.75 Å².